The van der Waals surface area contributed by atoms with Crippen molar-refractivity contribution in [3.05, 3.63) is 59.7 Å². The van der Waals surface area contributed by atoms with Crippen molar-refractivity contribution in [2.75, 3.05) is 0 Å². The van der Waals surface area contributed by atoms with Crippen molar-refractivity contribution in [2.45, 2.75) is 51.4 Å². The molecule has 0 aliphatic rings. The molecular weight excluding hydrogens is 320 g/mol. The molecular formula is C22H30Si2. The summed E-state index contributed by atoms with van der Waals surface area (Å²) in [5.41, 5.74) is 3.29. The molecule has 2 heteroatoms. The molecule has 0 aliphatic heterocycles. The molecule has 0 unspecified atom stereocenters. The maximum absolute atomic E-state index is 2.50. The van der Waals surface area contributed by atoms with Crippen LogP contribution in [0.2, 0.25) is 39.3 Å². The average Bonchev–Trinajstić information content (AvgIpc) is 2.48. The highest BCUT2D eigenvalue weighted by atomic mass is 28.3. The van der Waals surface area contributed by atoms with Crippen LogP contribution in [0.1, 0.15) is 11.1 Å². The van der Waals surface area contributed by atoms with Crippen LogP contribution in [0.15, 0.2) is 48.5 Å². The van der Waals surface area contributed by atoms with Crippen molar-refractivity contribution in [2.24, 2.45) is 0 Å². The van der Waals surface area contributed by atoms with Crippen LogP contribution in [0.25, 0.3) is 21.5 Å². The first-order chi connectivity index (χ1) is 11.2. The van der Waals surface area contributed by atoms with Crippen molar-refractivity contribution in [1.82, 2.24) is 0 Å². The molecule has 0 saturated carbocycles. The Morgan fingerprint density at radius 2 is 0.792 bits per heavy atom. The van der Waals surface area contributed by atoms with Crippen LogP contribution < -0.4 is 0 Å². The predicted octanol–water partition coefficient (Wildman–Crippen LogP) is 6.83. The molecule has 3 aromatic carbocycles. The summed E-state index contributed by atoms with van der Waals surface area (Å²) in [4.78, 5) is 0. The lowest BCUT2D eigenvalue weighted by Crippen LogP contribution is -2.28. The van der Waals surface area contributed by atoms with E-state index < -0.39 is 16.1 Å². The first kappa shape index (κ1) is 17.4. The zero-order chi connectivity index (χ0) is 17.5. The Morgan fingerprint density at radius 1 is 0.500 bits per heavy atom. The molecule has 0 radical (unpaired) electrons. The van der Waals surface area contributed by atoms with Crippen LogP contribution in [0.3, 0.4) is 0 Å². The summed E-state index contributed by atoms with van der Waals surface area (Å²) in [5.74, 6) is 0. The summed E-state index contributed by atoms with van der Waals surface area (Å²) in [6, 6.07) is 20.7. The van der Waals surface area contributed by atoms with E-state index in [0.717, 1.165) is 0 Å². The standard InChI is InChI=1S/C22H30Si2/c1-23(2,3)15-21-19-13-9-7-11-17(19)18-12-8-10-14-20(18)22(21)16-24(4,5)6/h7-14H,15-16H2,1-6H3. The lowest BCUT2D eigenvalue weighted by Gasteiger charge is -2.26. The second-order valence-electron chi connectivity index (χ2n) is 9.52. The van der Waals surface area contributed by atoms with Gasteiger partial charge in [-0.2, -0.15) is 0 Å². The van der Waals surface area contributed by atoms with Gasteiger partial charge in [0, 0.05) is 16.1 Å². The molecule has 0 spiro atoms. The van der Waals surface area contributed by atoms with Gasteiger partial charge in [-0.05, 0) is 44.8 Å². The predicted molar refractivity (Wildman–Crippen MR) is 116 cm³/mol. The third kappa shape index (κ3) is 3.65. The molecule has 0 amide bonds. The minimum Gasteiger partial charge on any atom is -0.0693 e. The summed E-state index contributed by atoms with van der Waals surface area (Å²) in [5, 5.41) is 5.85. The Morgan fingerprint density at radius 3 is 1.08 bits per heavy atom. The molecule has 0 nitrogen and oxygen atoms in total. The number of fused-ring (bicyclic) bond motifs is 3. The van der Waals surface area contributed by atoms with Gasteiger partial charge in [0.15, 0.2) is 0 Å². The zero-order valence-corrected chi connectivity index (χ0v) is 18.0. The summed E-state index contributed by atoms with van der Waals surface area (Å²) in [7, 11) is -2.39. The molecule has 126 valence electrons. The van der Waals surface area contributed by atoms with E-state index in [1.807, 2.05) is 0 Å². The number of rotatable bonds is 4. The largest absolute Gasteiger partial charge is 0.0693 e. The molecule has 3 aromatic rings. The Labute approximate surface area is 148 Å². The SMILES string of the molecule is C[Si](C)(C)Cc1c(C[Si](C)(C)C)c2ccccc2c2ccccc12. The summed E-state index contributed by atoms with van der Waals surface area (Å²) < 4.78 is 0. The van der Waals surface area contributed by atoms with Gasteiger partial charge in [0.25, 0.3) is 0 Å². The van der Waals surface area contributed by atoms with Crippen LogP contribution in [0.5, 0.6) is 0 Å². The molecule has 0 heterocycles. The number of hydrogen-bond donors (Lipinski definition) is 0. The summed E-state index contributed by atoms with van der Waals surface area (Å²) >= 11 is 0. The molecule has 0 fully saturated rings. The van der Waals surface area contributed by atoms with Gasteiger partial charge < -0.3 is 0 Å². The quantitative estimate of drug-likeness (QED) is 0.357. The molecule has 0 saturated heterocycles. The normalized spacial score (nSPS) is 12.9. The third-order valence-electron chi connectivity index (χ3n) is 4.57. The van der Waals surface area contributed by atoms with E-state index in [1.165, 1.54) is 33.6 Å². The first-order valence-electron chi connectivity index (χ1n) is 9.07. The second kappa shape index (κ2) is 6.16. The summed E-state index contributed by atoms with van der Waals surface area (Å²) in [6.07, 6.45) is 0. The van der Waals surface area contributed by atoms with Gasteiger partial charge in [0.1, 0.15) is 0 Å². The maximum Gasteiger partial charge on any atom is 0.0487 e. The van der Waals surface area contributed by atoms with Gasteiger partial charge in [-0.15, -0.1) is 0 Å². The Kier molecular flexibility index (Phi) is 4.48. The molecule has 0 atom stereocenters. The van der Waals surface area contributed by atoms with Gasteiger partial charge in [0.05, 0.1) is 0 Å². The van der Waals surface area contributed by atoms with E-state index in [-0.39, 0.29) is 0 Å². The number of benzene rings is 3. The summed E-state index contributed by atoms with van der Waals surface area (Å²) in [6.45, 7) is 15.0. The fourth-order valence-electron chi connectivity index (χ4n) is 3.75. The van der Waals surface area contributed by atoms with Crippen molar-refractivity contribution >= 4 is 37.7 Å². The lowest BCUT2D eigenvalue weighted by atomic mass is 9.93. The van der Waals surface area contributed by atoms with Gasteiger partial charge >= 0.3 is 0 Å². The van der Waals surface area contributed by atoms with E-state index in [9.17, 15) is 0 Å². The monoisotopic (exact) mass is 350 g/mol. The number of hydrogen-bond acceptors (Lipinski definition) is 0. The first-order valence-corrected chi connectivity index (χ1v) is 16.5. The lowest BCUT2D eigenvalue weighted by molar-refractivity contribution is 1.23. The van der Waals surface area contributed by atoms with Crippen LogP contribution in [0, 0.1) is 0 Å². The third-order valence-corrected chi connectivity index (χ3v) is 7.40. The zero-order valence-electron chi connectivity index (χ0n) is 16.0. The minimum atomic E-state index is -1.19. The topological polar surface area (TPSA) is 0 Å². The van der Waals surface area contributed by atoms with Gasteiger partial charge in [-0.3, -0.25) is 0 Å². The highest BCUT2D eigenvalue weighted by Crippen LogP contribution is 2.36. The molecule has 0 bridgehead atoms. The molecule has 24 heavy (non-hydrogen) atoms. The van der Waals surface area contributed by atoms with E-state index in [2.05, 4.69) is 87.8 Å². The fourth-order valence-corrected chi connectivity index (χ4v) is 6.68. The van der Waals surface area contributed by atoms with E-state index in [0.29, 0.717) is 0 Å². The van der Waals surface area contributed by atoms with Crippen LogP contribution in [-0.2, 0) is 12.1 Å². The Bertz CT molecular complexity index is 805. The van der Waals surface area contributed by atoms with E-state index >= 15 is 0 Å². The van der Waals surface area contributed by atoms with Crippen molar-refractivity contribution in [1.29, 1.82) is 0 Å². The van der Waals surface area contributed by atoms with Crippen molar-refractivity contribution < 1.29 is 0 Å². The Balaban J connectivity index is 2.43. The molecule has 0 aromatic heterocycles. The van der Waals surface area contributed by atoms with Gasteiger partial charge in [0.2, 0.25) is 0 Å². The Hall–Kier alpha value is -1.39. The smallest absolute Gasteiger partial charge is 0.0487 e. The van der Waals surface area contributed by atoms with Crippen LogP contribution >= 0.6 is 0 Å². The highest BCUT2D eigenvalue weighted by Gasteiger charge is 2.24. The van der Waals surface area contributed by atoms with Gasteiger partial charge in [-0.25, -0.2) is 0 Å². The van der Waals surface area contributed by atoms with Crippen molar-refractivity contribution in [3.8, 4) is 0 Å². The highest BCUT2D eigenvalue weighted by molar-refractivity contribution is 6.76. The molecule has 0 N–H and O–H groups in total. The maximum atomic E-state index is 2.50. The van der Waals surface area contributed by atoms with E-state index in [4.69, 9.17) is 0 Å². The minimum absolute atomic E-state index is 1.19. The van der Waals surface area contributed by atoms with Crippen molar-refractivity contribution in [3.63, 3.8) is 0 Å². The van der Waals surface area contributed by atoms with E-state index in [1.54, 1.807) is 11.1 Å². The molecule has 3 rings (SSSR count). The average molecular weight is 351 g/mol. The van der Waals surface area contributed by atoms with Crippen LogP contribution in [0.4, 0.5) is 0 Å². The molecule has 0 aliphatic carbocycles. The second-order valence-corrected chi connectivity index (χ2v) is 20.5. The van der Waals surface area contributed by atoms with Crippen LogP contribution in [-0.4, -0.2) is 16.1 Å². The fraction of sp³-hybridized carbons (Fsp3) is 0.364. The van der Waals surface area contributed by atoms with Gasteiger partial charge in [-0.1, -0.05) is 87.8 Å².